The maximum Gasteiger partial charge on any atom is 0.274 e. The average Bonchev–Trinajstić information content (AvgIpc) is 2.22. The summed E-state index contributed by atoms with van der Waals surface area (Å²) in [4.78, 5) is 0. The predicted octanol–water partition coefficient (Wildman–Crippen LogP) is -2.18. The minimum absolute atomic E-state index is 0.0315. The Balaban J connectivity index is 2.69. The zero-order valence-corrected chi connectivity index (χ0v) is 13.5. The van der Waals surface area contributed by atoms with Crippen molar-refractivity contribution in [3.63, 3.8) is 0 Å². The molecule has 1 heterocycles. The van der Waals surface area contributed by atoms with Gasteiger partial charge in [-0.2, -0.15) is 8.42 Å². The van der Waals surface area contributed by atoms with Gasteiger partial charge in [0.15, 0.2) is 14.9 Å². The molecule has 0 amide bonds. The van der Waals surface area contributed by atoms with Crippen LogP contribution in [0.15, 0.2) is 0 Å². The van der Waals surface area contributed by atoms with Crippen LogP contribution in [-0.4, -0.2) is 60.5 Å². The highest BCUT2D eigenvalue weighted by molar-refractivity contribution is 8.06. The molecule has 1 rings (SSSR count). The lowest BCUT2D eigenvalue weighted by molar-refractivity contribution is 0.268. The second kappa shape index (κ2) is 6.23. The molecule has 12 heteroatoms. The van der Waals surface area contributed by atoms with Gasteiger partial charge in [-0.3, -0.25) is 0 Å². The number of piperidine rings is 1. The molecule has 0 aliphatic carbocycles. The smallest absolute Gasteiger partial charge is 0.228 e. The van der Waals surface area contributed by atoms with Gasteiger partial charge in [-0.1, -0.05) is 0 Å². The summed E-state index contributed by atoms with van der Waals surface area (Å²) in [6.45, 7) is 0.355. The summed E-state index contributed by atoms with van der Waals surface area (Å²) in [7, 11) is -11.4. The van der Waals surface area contributed by atoms with Crippen molar-refractivity contribution in [2.24, 2.45) is 11.1 Å². The molecule has 1 aliphatic heterocycles. The lowest BCUT2D eigenvalue weighted by Gasteiger charge is -2.31. The highest BCUT2D eigenvalue weighted by Gasteiger charge is 2.31. The molecule has 120 valence electrons. The summed E-state index contributed by atoms with van der Waals surface area (Å²) in [5, 5.41) is 3.87. The summed E-state index contributed by atoms with van der Waals surface area (Å²) in [5.74, 6) is -0.226. The molecule has 9 nitrogen and oxygen atoms in total. The van der Waals surface area contributed by atoms with Gasteiger partial charge < -0.3 is 0 Å². The van der Waals surface area contributed by atoms with Gasteiger partial charge >= 0.3 is 0 Å². The van der Waals surface area contributed by atoms with E-state index in [-0.39, 0.29) is 25.6 Å². The second-order valence-electron chi connectivity index (χ2n) is 4.92. The molecule has 1 fully saturated rings. The fraction of sp³-hybridized carbons (Fsp3) is 1.00. The first-order chi connectivity index (χ1) is 8.89. The van der Waals surface area contributed by atoms with Crippen LogP contribution < -0.4 is 9.86 Å². The Kier molecular flexibility index (Phi) is 5.54. The third-order valence-corrected chi connectivity index (χ3v) is 7.40. The molecule has 0 bridgehead atoms. The first-order valence-corrected chi connectivity index (χ1v) is 11.0. The van der Waals surface area contributed by atoms with Gasteiger partial charge in [0.2, 0.25) is 10.0 Å². The van der Waals surface area contributed by atoms with Gasteiger partial charge in [0.25, 0.3) is 10.2 Å². The van der Waals surface area contributed by atoms with Gasteiger partial charge in [0.05, 0.1) is 0 Å². The van der Waals surface area contributed by atoms with Crippen molar-refractivity contribution in [1.82, 2.24) is 9.03 Å². The van der Waals surface area contributed by atoms with Crippen LogP contribution in [0.2, 0.25) is 0 Å². The minimum atomic E-state index is -3.89. The molecule has 0 aromatic carbocycles. The third-order valence-electron chi connectivity index (χ3n) is 2.81. The zero-order valence-electron chi connectivity index (χ0n) is 11.0. The highest BCUT2D eigenvalue weighted by atomic mass is 32.3. The van der Waals surface area contributed by atoms with Crippen LogP contribution in [0.4, 0.5) is 0 Å². The van der Waals surface area contributed by atoms with E-state index >= 15 is 0 Å². The van der Waals surface area contributed by atoms with E-state index in [4.69, 9.17) is 5.14 Å². The summed E-state index contributed by atoms with van der Waals surface area (Å²) in [6, 6.07) is 0. The zero-order chi connectivity index (χ0) is 15.6. The molecular weight excluding hydrogens is 330 g/mol. The van der Waals surface area contributed by atoms with Crippen LogP contribution in [-0.2, 0) is 30.1 Å². The van der Waals surface area contributed by atoms with Crippen LogP contribution >= 0.6 is 0 Å². The number of rotatable bonds is 6. The van der Waals surface area contributed by atoms with Crippen LogP contribution in [0.25, 0.3) is 0 Å². The average molecular weight is 349 g/mol. The molecule has 0 aromatic rings. The number of sulfone groups is 1. The molecule has 0 saturated carbocycles. The lowest BCUT2D eigenvalue weighted by atomic mass is 10.0. The van der Waals surface area contributed by atoms with E-state index in [0.29, 0.717) is 12.8 Å². The van der Waals surface area contributed by atoms with Gasteiger partial charge in [0, 0.05) is 25.9 Å². The molecular formula is C8H19N3O6S3. The Bertz CT molecular complexity index is 639. The first-order valence-electron chi connectivity index (χ1n) is 5.82. The fourth-order valence-electron chi connectivity index (χ4n) is 2.03. The number of sulfonamides is 1. The van der Waals surface area contributed by atoms with Crippen LogP contribution in [0.5, 0.6) is 0 Å². The molecule has 0 radical (unpaired) electrons. The quantitative estimate of drug-likeness (QED) is 0.558. The van der Waals surface area contributed by atoms with E-state index in [1.807, 2.05) is 0 Å². The summed E-state index contributed by atoms with van der Waals surface area (Å²) < 4.78 is 70.9. The van der Waals surface area contributed by atoms with Gasteiger partial charge in [0.1, 0.15) is 0 Å². The molecule has 0 aromatic heterocycles. The third kappa shape index (κ3) is 6.45. The van der Waals surface area contributed by atoms with Crippen LogP contribution in [0, 0.1) is 5.92 Å². The van der Waals surface area contributed by atoms with Crippen molar-refractivity contribution in [1.29, 1.82) is 0 Å². The van der Waals surface area contributed by atoms with Crippen molar-refractivity contribution in [2.45, 2.75) is 12.8 Å². The van der Waals surface area contributed by atoms with E-state index in [0.717, 1.165) is 10.6 Å². The molecule has 1 saturated heterocycles. The fourth-order valence-corrected chi connectivity index (χ4v) is 6.10. The largest absolute Gasteiger partial charge is 0.274 e. The van der Waals surface area contributed by atoms with E-state index in [1.165, 1.54) is 0 Å². The van der Waals surface area contributed by atoms with Crippen molar-refractivity contribution < 1.29 is 25.3 Å². The number of hydrogen-bond donors (Lipinski definition) is 2. The SMILES string of the molecule is CS(=O)(=O)CS(=O)(=O)N1CCCC(CNS(N)(=O)=O)C1. The predicted molar refractivity (Wildman–Crippen MR) is 74.0 cm³/mol. The summed E-state index contributed by atoms with van der Waals surface area (Å²) in [6.07, 6.45) is 2.04. The van der Waals surface area contributed by atoms with Crippen molar-refractivity contribution in [3.8, 4) is 0 Å². The summed E-state index contributed by atoms with van der Waals surface area (Å²) >= 11 is 0. The molecule has 1 unspecified atom stereocenters. The number of hydrogen-bond acceptors (Lipinski definition) is 6. The second-order valence-corrected chi connectivity index (χ2v) is 10.8. The van der Waals surface area contributed by atoms with Gasteiger partial charge in [-0.15, -0.1) is 0 Å². The standard InChI is InChI=1S/C8H19N3O6S3/c1-18(12,13)7-19(14,15)11-4-2-3-8(6-11)5-10-20(9,16)17/h8,10H,2-7H2,1H3,(H2,9,16,17). The Labute approximate surface area is 119 Å². The van der Waals surface area contributed by atoms with E-state index < -0.39 is 35.2 Å². The molecule has 1 aliphatic rings. The van der Waals surface area contributed by atoms with Crippen LogP contribution in [0.1, 0.15) is 12.8 Å². The van der Waals surface area contributed by atoms with E-state index in [9.17, 15) is 25.3 Å². The summed E-state index contributed by atoms with van der Waals surface area (Å²) in [5.41, 5.74) is 0. The Morgan fingerprint density at radius 1 is 1.20 bits per heavy atom. The van der Waals surface area contributed by atoms with Crippen molar-refractivity contribution in [2.75, 3.05) is 31.0 Å². The van der Waals surface area contributed by atoms with Gasteiger partial charge in [-0.25, -0.2) is 31.0 Å². The maximum atomic E-state index is 11.9. The number of nitrogens with two attached hydrogens (primary N) is 1. The first kappa shape index (κ1) is 17.8. The van der Waals surface area contributed by atoms with Gasteiger partial charge in [-0.05, 0) is 18.8 Å². The maximum absolute atomic E-state index is 11.9. The lowest BCUT2D eigenvalue weighted by Crippen LogP contribution is -2.45. The number of nitrogens with zero attached hydrogens (tertiary/aromatic N) is 1. The van der Waals surface area contributed by atoms with E-state index in [2.05, 4.69) is 4.72 Å². The van der Waals surface area contributed by atoms with Crippen molar-refractivity contribution in [3.05, 3.63) is 0 Å². The molecule has 20 heavy (non-hydrogen) atoms. The van der Waals surface area contributed by atoms with E-state index in [1.54, 1.807) is 0 Å². The molecule has 0 spiro atoms. The van der Waals surface area contributed by atoms with Crippen LogP contribution in [0.3, 0.4) is 0 Å². The Morgan fingerprint density at radius 2 is 1.80 bits per heavy atom. The molecule has 1 atom stereocenters. The molecule has 3 N–H and O–H groups in total. The highest BCUT2D eigenvalue weighted by Crippen LogP contribution is 2.19. The number of nitrogens with one attached hydrogen (secondary N) is 1. The van der Waals surface area contributed by atoms with Crippen molar-refractivity contribution >= 4 is 30.1 Å². The topological polar surface area (TPSA) is 144 Å². The normalized spacial score (nSPS) is 22.8. The Morgan fingerprint density at radius 3 is 2.30 bits per heavy atom. The minimum Gasteiger partial charge on any atom is -0.228 e. The monoisotopic (exact) mass is 349 g/mol. The Hall–Kier alpha value is -0.270.